The van der Waals surface area contributed by atoms with Gasteiger partial charge < -0.3 is 0 Å². The third kappa shape index (κ3) is 1.80. The Hall–Kier alpha value is -1.42. The van der Waals surface area contributed by atoms with Gasteiger partial charge in [-0.3, -0.25) is 0 Å². The fourth-order valence-corrected chi connectivity index (χ4v) is 1.72. The van der Waals surface area contributed by atoms with Crippen LogP contribution in [0, 0.1) is 0 Å². The van der Waals surface area contributed by atoms with Crippen molar-refractivity contribution in [2.75, 3.05) is 0 Å². The van der Waals surface area contributed by atoms with Gasteiger partial charge in [0.1, 0.15) is 0 Å². The molecule has 16 heavy (non-hydrogen) atoms. The van der Waals surface area contributed by atoms with Crippen molar-refractivity contribution in [3.8, 4) is 5.95 Å². The van der Waals surface area contributed by atoms with E-state index in [1.54, 1.807) is 17.1 Å². The van der Waals surface area contributed by atoms with Gasteiger partial charge in [-0.1, -0.05) is 0 Å². The van der Waals surface area contributed by atoms with Crippen LogP contribution in [0.15, 0.2) is 24.7 Å². The molecular weight excluding hydrogens is 224 g/mol. The van der Waals surface area contributed by atoms with Crippen molar-refractivity contribution in [3.05, 3.63) is 35.9 Å². The standard InChI is InChI=1S/C11H11ClN4/c12-5-8-6-13-11(14-7-8)16-4-3-10(15-16)9-1-2-9/h3-4,6-7,9H,1-2,5H2. The van der Waals surface area contributed by atoms with Crippen LogP contribution in [0.25, 0.3) is 5.95 Å². The van der Waals surface area contributed by atoms with Crippen LogP contribution in [-0.4, -0.2) is 19.7 Å². The first kappa shape index (κ1) is 9.78. The molecule has 0 aliphatic heterocycles. The van der Waals surface area contributed by atoms with Gasteiger partial charge in [0.25, 0.3) is 0 Å². The summed E-state index contributed by atoms with van der Waals surface area (Å²) >= 11 is 5.68. The molecule has 0 spiro atoms. The smallest absolute Gasteiger partial charge is 0.219 e. The number of rotatable bonds is 3. The Labute approximate surface area is 98.3 Å². The van der Waals surface area contributed by atoms with E-state index in [0.717, 1.165) is 11.3 Å². The molecule has 1 fully saturated rings. The second kappa shape index (κ2) is 3.87. The van der Waals surface area contributed by atoms with E-state index in [0.29, 0.717) is 17.7 Å². The zero-order valence-corrected chi connectivity index (χ0v) is 9.43. The molecule has 4 nitrogen and oxygen atoms in total. The lowest BCUT2D eigenvalue weighted by Gasteiger charge is -1.99. The number of halogens is 1. The van der Waals surface area contributed by atoms with E-state index < -0.39 is 0 Å². The first-order valence-electron chi connectivity index (χ1n) is 5.29. The first-order valence-corrected chi connectivity index (χ1v) is 5.83. The summed E-state index contributed by atoms with van der Waals surface area (Å²) in [6, 6.07) is 2.04. The highest BCUT2D eigenvalue weighted by molar-refractivity contribution is 6.17. The van der Waals surface area contributed by atoms with Crippen molar-refractivity contribution in [1.82, 2.24) is 19.7 Å². The zero-order chi connectivity index (χ0) is 11.0. The summed E-state index contributed by atoms with van der Waals surface area (Å²) < 4.78 is 1.71. The minimum Gasteiger partial charge on any atom is -0.219 e. The quantitative estimate of drug-likeness (QED) is 0.766. The summed E-state index contributed by atoms with van der Waals surface area (Å²) in [5, 5.41) is 4.46. The Morgan fingerprint density at radius 1 is 1.31 bits per heavy atom. The first-order chi connectivity index (χ1) is 7.86. The molecule has 5 heteroatoms. The van der Waals surface area contributed by atoms with Gasteiger partial charge in [-0.05, 0) is 18.9 Å². The summed E-state index contributed by atoms with van der Waals surface area (Å²) in [5.74, 6) is 1.69. The maximum Gasteiger partial charge on any atom is 0.250 e. The topological polar surface area (TPSA) is 43.6 Å². The van der Waals surface area contributed by atoms with Crippen LogP contribution in [0.4, 0.5) is 0 Å². The maximum atomic E-state index is 5.68. The summed E-state index contributed by atoms with van der Waals surface area (Å²) in [6.45, 7) is 0. The summed E-state index contributed by atoms with van der Waals surface area (Å²) in [7, 11) is 0. The van der Waals surface area contributed by atoms with Crippen molar-refractivity contribution in [3.63, 3.8) is 0 Å². The van der Waals surface area contributed by atoms with Gasteiger partial charge in [0, 0.05) is 30.1 Å². The Balaban J connectivity index is 1.88. The molecule has 1 aliphatic rings. The van der Waals surface area contributed by atoms with E-state index >= 15 is 0 Å². The SMILES string of the molecule is ClCc1cnc(-n2ccc(C3CC3)n2)nc1. The summed E-state index contributed by atoms with van der Waals surface area (Å²) in [4.78, 5) is 8.44. The third-order valence-electron chi connectivity index (χ3n) is 2.66. The third-order valence-corrected chi connectivity index (χ3v) is 2.96. The van der Waals surface area contributed by atoms with E-state index in [1.807, 2.05) is 12.3 Å². The second-order valence-corrected chi connectivity index (χ2v) is 4.25. The largest absolute Gasteiger partial charge is 0.250 e. The Bertz CT molecular complexity index is 487. The van der Waals surface area contributed by atoms with Crippen LogP contribution in [0.1, 0.15) is 30.0 Å². The normalized spacial score (nSPS) is 15.3. The van der Waals surface area contributed by atoms with Crippen LogP contribution in [0.5, 0.6) is 0 Å². The minimum absolute atomic E-state index is 0.437. The number of alkyl halides is 1. The monoisotopic (exact) mass is 234 g/mol. The summed E-state index contributed by atoms with van der Waals surface area (Å²) in [6.07, 6.45) is 7.87. The number of aromatic nitrogens is 4. The zero-order valence-electron chi connectivity index (χ0n) is 8.67. The molecule has 2 aromatic rings. The molecule has 2 heterocycles. The highest BCUT2D eigenvalue weighted by atomic mass is 35.5. The molecule has 0 atom stereocenters. The van der Waals surface area contributed by atoms with E-state index in [2.05, 4.69) is 15.1 Å². The van der Waals surface area contributed by atoms with Gasteiger partial charge in [0.15, 0.2) is 0 Å². The fraction of sp³-hybridized carbons (Fsp3) is 0.364. The Morgan fingerprint density at radius 3 is 2.69 bits per heavy atom. The summed E-state index contributed by atoms with van der Waals surface area (Å²) in [5.41, 5.74) is 2.06. The van der Waals surface area contributed by atoms with Gasteiger partial charge in [0.05, 0.1) is 11.6 Å². The lowest BCUT2D eigenvalue weighted by molar-refractivity contribution is 0.780. The molecule has 0 N–H and O–H groups in total. The molecule has 0 saturated heterocycles. The number of hydrogen-bond donors (Lipinski definition) is 0. The molecule has 82 valence electrons. The fourth-order valence-electron chi connectivity index (χ4n) is 1.58. The number of nitrogens with zero attached hydrogens (tertiary/aromatic N) is 4. The Morgan fingerprint density at radius 2 is 2.06 bits per heavy atom. The van der Waals surface area contributed by atoms with Gasteiger partial charge in [-0.15, -0.1) is 11.6 Å². The van der Waals surface area contributed by atoms with Crippen LogP contribution < -0.4 is 0 Å². The van der Waals surface area contributed by atoms with Crippen LogP contribution >= 0.6 is 11.6 Å². The van der Waals surface area contributed by atoms with E-state index in [-0.39, 0.29) is 0 Å². The van der Waals surface area contributed by atoms with E-state index in [4.69, 9.17) is 11.6 Å². The molecule has 0 bridgehead atoms. The van der Waals surface area contributed by atoms with Crippen molar-refractivity contribution < 1.29 is 0 Å². The van der Waals surface area contributed by atoms with Crippen molar-refractivity contribution in [1.29, 1.82) is 0 Å². The second-order valence-electron chi connectivity index (χ2n) is 3.98. The molecule has 0 radical (unpaired) electrons. The molecule has 2 aromatic heterocycles. The van der Waals surface area contributed by atoms with Crippen molar-refractivity contribution >= 4 is 11.6 Å². The predicted molar refractivity (Wildman–Crippen MR) is 60.7 cm³/mol. The van der Waals surface area contributed by atoms with Crippen LogP contribution in [0.3, 0.4) is 0 Å². The van der Waals surface area contributed by atoms with E-state index in [1.165, 1.54) is 12.8 Å². The molecule has 3 rings (SSSR count). The van der Waals surface area contributed by atoms with Crippen LogP contribution in [-0.2, 0) is 5.88 Å². The van der Waals surface area contributed by atoms with Crippen molar-refractivity contribution in [2.24, 2.45) is 0 Å². The Kier molecular flexibility index (Phi) is 2.36. The molecular formula is C11H11ClN4. The van der Waals surface area contributed by atoms with E-state index in [9.17, 15) is 0 Å². The lowest BCUT2D eigenvalue weighted by atomic mass is 10.3. The van der Waals surface area contributed by atoms with Gasteiger partial charge in [-0.2, -0.15) is 5.10 Å². The average Bonchev–Trinajstić information content (AvgIpc) is 3.08. The number of hydrogen-bond acceptors (Lipinski definition) is 3. The van der Waals surface area contributed by atoms with Gasteiger partial charge in [-0.25, -0.2) is 14.6 Å². The minimum atomic E-state index is 0.437. The molecule has 0 unspecified atom stereocenters. The van der Waals surface area contributed by atoms with Gasteiger partial charge in [0.2, 0.25) is 5.95 Å². The highest BCUT2D eigenvalue weighted by Gasteiger charge is 2.26. The van der Waals surface area contributed by atoms with Gasteiger partial charge >= 0.3 is 0 Å². The predicted octanol–water partition coefficient (Wildman–Crippen LogP) is 2.28. The highest BCUT2D eigenvalue weighted by Crippen LogP contribution is 2.38. The lowest BCUT2D eigenvalue weighted by Crippen LogP contribution is -2.02. The molecule has 0 amide bonds. The molecule has 0 aromatic carbocycles. The molecule has 1 saturated carbocycles. The average molecular weight is 235 g/mol. The molecule has 1 aliphatic carbocycles. The van der Waals surface area contributed by atoms with Crippen molar-refractivity contribution in [2.45, 2.75) is 24.6 Å². The van der Waals surface area contributed by atoms with Crippen LogP contribution in [0.2, 0.25) is 0 Å². The maximum absolute atomic E-state index is 5.68.